The second-order valence-corrected chi connectivity index (χ2v) is 4.61. The molecule has 1 heterocycles. The molecule has 1 rings (SSSR count). The molecule has 0 saturated carbocycles. The first-order valence-corrected chi connectivity index (χ1v) is 5.81. The highest BCUT2D eigenvalue weighted by atomic mass is 16.5. The highest BCUT2D eigenvalue weighted by Gasteiger charge is 2.36. The highest BCUT2D eigenvalue weighted by Crippen LogP contribution is 2.33. The SMILES string of the molecule is CC[C@@H]1COC(C(C)COC(C)=O)[C@H]1C. The van der Waals surface area contributed by atoms with Gasteiger partial charge in [-0.05, 0) is 11.8 Å². The van der Waals surface area contributed by atoms with Crippen molar-refractivity contribution >= 4 is 5.97 Å². The van der Waals surface area contributed by atoms with Crippen molar-refractivity contribution < 1.29 is 14.3 Å². The van der Waals surface area contributed by atoms with Crippen molar-refractivity contribution in [2.45, 2.75) is 40.2 Å². The smallest absolute Gasteiger partial charge is 0.302 e. The number of carbonyl (C=O) groups is 1. The van der Waals surface area contributed by atoms with Crippen LogP contribution in [-0.4, -0.2) is 25.3 Å². The van der Waals surface area contributed by atoms with Crippen molar-refractivity contribution in [2.24, 2.45) is 17.8 Å². The molecule has 0 amide bonds. The summed E-state index contributed by atoms with van der Waals surface area (Å²) in [5.41, 5.74) is 0. The van der Waals surface area contributed by atoms with E-state index in [1.165, 1.54) is 6.92 Å². The van der Waals surface area contributed by atoms with E-state index >= 15 is 0 Å². The van der Waals surface area contributed by atoms with E-state index in [-0.39, 0.29) is 12.1 Å². The summed E-state index contributed by atoms with van der Waals surface area (Å²) >= 11 is 0. The van der Waals surface area contributed by atoms with Gasteiger partial charge < -0.3 is 9.47 Å². The van der Waals surface area contributed by atoms with E-state index in [0.717, 1.165) is 13.0 Å². The molecule has 1 saturated heterocycles. The molecular weight excluding hydrogens is 192 g/mol. The number of hydrogen-bond acceptors (Lipinski definition) is 3. The van der Waals surface area contributed by atoms with E-state index in [2.05, 4.69) is 20.8 Å². The molecular formula is C12H22O3. The van der Waals surface area contributed by atoms with Gasteiger partial charge in [0.1, 0.15) is 0 Å². The van der Waals surface area contributed by atoms with Gasteiger partial charge in [-0.2, -0.15) is 0 Å². The van der Waals surface area contributed by atoms with Crippen LogP contribution < -0.4 is 0 Å². The molecule has 3 heteroatoms. The minimum absolute atomic E-state index is 0.209. The number of esters is 1. The van der Waals surface area contributed by atoms with Gasteiger partial charge in [-0.1, -0.05) is 27.2 Å². The lowest BCUT2D eigenvalue weighted by atomic mass is 9.86. The summed E-state index contributed by atoms with van der Waals surface area (Å²) in [6.07, 6.45) is 1.41. The van der Waals surface area contributed by atoms with Gasteiger partial charge in [0, 0.05) is 12.8 Å². The van der Waals surface area contributed by atoms with Gasteiger partial charge in [0.2, 0.25) is 0 Å². The first kappa shape index (κ1) is 12.5. The molecule has 0 aliphatic carbocycles. The average molecular weight is 214 g/mol. The van der Waals surface area contributed by atoms with Crippen molar-refractivity contribution in [3.63, 3.8) is 0 Å². The Morgan fingerprint density at radius 2 is 2.27 bits per heavy atom. The molecule has 0 N–H and O–H groups in total. The standard InChI is InChI=1S/C12H22O3/c1-5-11-7-15-12(9(11)3)8(2)6-14-10(4)13/h8-9,11-12H,5-7H2,1-4H3/t8?,9-,11+,12?/m0/s1. The molecule has 1 aliphatic heterocycles. The van der Waals surface area contributed by atoms with E-state index in [9.17, 15) is 4.79 Å². The Hall–Kier alpha value is -0.570. The van der Waals surface area contributed by atoms with Crippen molar-refractivity contribution in [2.75, 3.05) is 13.2 Å². The van der Waals surface area contributed by atoms with Crippen molar-refractivity contribution in [1.82, 2.24) is 0 Å². The lowest BCUT2D eigenvalue weighted by Gasteiger charge is -2.23. The molecule has 88 valence electrons. The Kier molecular flexibility index (Phi) is 4.58. The van der Waals surface area contributed by atoms with Gasteiger partial charge in [-0.3, -0.25) is 4.79 Å². The molecule has 1 aliphatic rings. The lowest BCUT2D eigenvalue weighted by Crippen LogP contribution is -2.28. The van der Waals surface area contributed by atoms with Crippen LogP contribution in [-0.2, 0) is 14.3 Å². The number of ether oxygens (including phenoxy) is 2. The van der Waals surface area contributed by atoms with Crippen LogP contribution in [0, 0.1) is 17.8 Å². The predicted octanol–water partition coefficient (Wildman–Crippen LogP) is 2.25. The quantitative estimate of drug-likeness (QED) is 0.673. The third-order valence-corrected chi connectivity index (χ3v) is 3.40. The van der Waals surface area contributed by atoms with E-state index in [1.807, 2.05) is 0 Å². The summed E-state index contributed by atoms with van der Waals surface area (Å²) in [6, 6.07) is 0. The average Bonchev–Trinajstić information content (AvgIpc) is 2.56. The Bertz CT molecular complexity index is 215. The largest absolute Gasteiger partial charge is 0.465 e. The van der Waals surface area contributed by atoms with Crippen LogP contribution in [0.1, 0.15) is 34.1 Å². The van der Waals surface area contributed by atoms with Crippen molar-refractivity contribution in [1.29, 1.82) is 0 Å². The fourth-order valence-corrected chi connectivity index (χ4v) is 2.32. The topological polar surface area (TPSA) is 35.5 Å². The van der Waals surface area contributed by atoms with Crippen molar-refractivity contribution in [3.8, 4) is 0 Å². The maximum atomic E-state index is 10.7. The Morgan fingerprint density at radius 1 is 1.60 bits per heavy atom. The number of hydrogen-bond donors (Lipinski definition) is 0. The first-order valence-electron chi connectivity index (χ1n) is 5.81. The van der Waals surface area contributed by atoms with E-state index in [0.29, 0.717) is 24.4 Å². The molecule has 3 nitrogen and oxygen atoms in total. The van der Waals surface area contributed by atoms with Crippen LogP contribution in [0.15, 0.2) is 0 Å². The van der Waals surface area contributed by atoms with Crippen LogP contribution in [0.4, 0.5) is 0 Å². The Balaban J connectivity index is 2.40. The molecule has 0 radical (unpaired) electrons. The summed E-state index contributed by atoms with van der Waals surface area (Å²) in [5.74, 6) is 1.32. The Labute approximate surface area is 92.1 Å². The first-order chi connectivity index (χ1) is 7.06. The molecule has 2 unspecified atom stereocenters. The predicted molar refractivity (Wildman–Crippen MR) is 58.5 cm³/mol. The van der Waals surface area contributed by atoms with Crippen LogP contribution in [0.3, 0.4) is 0 Å². The molecule has 15 heavy (non-hydrogen) atoms. The molecule has 0 bridgehead atoms. The summed E-state index contributed by atoms with van der Waals surface area (Å²) in [4.78, 5) is 10.7. The normalized spacial score (nSPS) is 32.7. The zero-order valence-corrected chi connectivity index (χ0v) is 10.2. The zero-order valence-electron chi connectivity index (χ0n) is 10.2. The molecule has 1 fully saturated rings. The lowest BCUT2D eigenvalue weighted by molar-refractivity contribution is -0.143. The van der Waals surface area contributed by atoms with Crippen LogP contribution in [0.5, 0.6) is 0 Å². The van der Waals surface area contributed by atoms with Gasteiger partial charge in [-0.25, -0.2) is 0 Å². The summed E-state index contributed by atoms with van der Waals surface area (Å²) in [7, 11) is 0. The summed E-state index contributed by atoms with van der Waals surface area (Å²) in [5, 5.41) is 0. The Morgan fingerprint density at radius 3 is 2.73 bits per heavy atom. The maximum absolute atomic E-state index is 10.7. The van der Waals surface area contributed by atoms with E-state index < -0.39 is 0 Å². The fraction of sp³-hybridized carbons (Fsp3) is 0.917. The van der Waals surface area contributed by atoms with Gasteiger partial charge >= 0.3 is 5.97 Å². The minimum atomic E-state index is -0.209. The maximum Gasteiger partial charge on any atom is 0.302 e. The summed E-state index contributed by atoms with van der Waals surface area (Å²) < 4.78 is 10.8. The van der Waals surface area contributed by atoms with Crippen LogP contribution in [0.25, 0.3) is 0 Å². The van der Waals surface area contributed by atoms with E-state index in [1.54, 1.807) is 0 Å². The molecule has 0 aromatic carbocycles. The fourth-order valence-electron chi connectivity index (χ4n) is 2.32. The third-order valence-electron chi connectivity index (χ3n) is 3.40. The molecule has 0 spiro atoms. The second kappa shape index (κ2) is 5.50. The number of rotatable bonds is 4. The summed E-state index contributed by atoms with van der Waals surface area (Å²) in [6.45, 7) is 9.29. The van der Waals surface area contributed by atoms with Crippen LogP contribution >= 0.6 is 0 Å². The van der Waals surface area contributed by atoms with E-state index in [4.69, 9.17) is 9.47 Å². The second-order valence-electron chi connectivity index (χ2n) is 4.61. The number of carbonyl (C=O) groups excluding carboxylic acids is 1. The third kappa shape index (κ3) is 3.20. The minimum Gasteiger partial charge on any atom is -0.465 e. The van der Waals surface area contributed by atoms with Gasteiger partial charge in [0.25, 0.3) is 0 Å². The molecule has 4 atom stereocenters. The van der Waals surface area contributed by atoms with Gasteiger partial charge in [-0.15, -0.1) is 0 Å². The molecule has 0 aromatic rings. The highest BCUT2D eigenvalue weighted by molar-refractivity contribution is 5.65. The van der Waals surface area contributed by atoms with Gasteiger partial charge in [0.15, 0.2) is 0 Å². The van der Waals surface area contributed by atoms with Gasteiger partial charge in [0.05, 0.1) is 19.3 Å². The van der Waals surface area contributed by atoms with Crippen molar-refractivity contribution in [3.05, 3.63) is 0 Å². The van der Waals surface area contributed by atoms with Crippen LogP contribution in [0.2, 0.25) is 0 Å². The molecule has 0 aromatic heterocycles. The zero-order chi connectivity index (χ0) is 11.4. The monoisotopic (exact) mass is 214 g/mol.